The SMILES string of the molecule is CC(/C=C/C=C/c1ccccc1)=N\NC(=O)N/N=C(C)/C=C/C=C/c1ccccc1. The molecule has 2 aromatic carbocycles. The average Bonchev–Trinajstić information content (AvgIpc) is 2.78. The van der Waals surface area contributed by atoms with E-state index in [0.717, 1.165) is 11.1 Å². The summed E-state index contributed by atoms with van der Waals surface area (Å²) in [5.41, 5.74) is 8.36. The zero-order chi connectivity index (χ0) is 21.4. The molecule has 0 saturated heterocycles. The Bertz CT molecular complexity index is 889. The lowest BCUT2D eigenvalue weighted by Crippen LogP contribution is -2.29. The van der Waals surface area contributed by atoms with Crippen LogP contribution in [0.3, 0.4) is 0 Å². The van der Waals surface area contributed by atoms with Crippen molar-refractivity contribution in [1.29, 1.82) is 0 Å². The van der Waals surface area contributed by atoms with Crippen LogP contribution in [-0.4, -0.2) is 17.5 Å². The minimum atomic E-state index is -0.504. The monoisotopic (exact) mass is 398 g/mol. The number of allylic oxidation sites excluding steroid dienone is 6. The van der Waals surface area contributed by atoms with E-state index in [9.17, 15) is 4.79 Å². The van der Waals surface area contributed by atoms with Crippen LogP contribution >= 0.6 is 0 Å². The van der Waals surface area contributed by atoms with Gasteiger partial charge in [-0.15, -0.1) is 0 Å². The molecule has 2 N–H and O–H groups in total. The van der Waals surface area contributed by atoms with Gasteiger partial charge in [-0.25, -0.2) is 15.6 Å². The van der Waals surface area contributed by atoms with Crippen LogP contribution in [0.4, 0.5) is 4.79 Å². The van der Waals surface area contributed by atoms with Crippen LogP contribution in [0.1, 0.15) is 25.0 Å². The van der Waals surface area contributed by atoms with Crippen molar-refractivity contribution in [2.75, 3.05) is 0 Å². The van der Waals surface area contributed by atoms with E-state index in [2.05, 4.69) is 21.1 Å². The number of amides is 2. The van der Waals surface area contributed by atoms with Crippen molar-refractivity contribution in [1.82, 2.24) is 10.9 Å². The maximum Gasteiger partial charge on any atom is 0.355 e. The van der Waals surface area contributed by atoms with Gasteiger partial charge in [0.25, 0.3) is 0 Å². The van der Waals surface area contributed by atoms with E-state index in [-0.39, 0.29) is 0 Å². The standard InChI is InChI=1S/C25H26N4O/c1-21(13-9-11-19-23-15-5-3-6-16-23)26-28-25(30)29-27-22(2)14-10-12-20-24-17-7-4-8-18-24/h3-20H,1-2H3,(H2,28,29,30)/b13-9+,14-10+,19-11+,20-12+,26-21+,27-22+. The summed E-state index contributed by atoms with van der Waals surface area (Å²) in [6, 6.07) is 19.5. The van der Waals surface area contributed by atoms with Gasteiger partial charge in [-0.05, 0) is 37.1 Å². The highest BCUT2D eigenvalue weighted by atomic mass is 16.2. The molecule has 0 atom stereocenters. The third kappa shape index (κ3) is 9.80. The highest BCUT2D eigenvalue weighted by molar-refractivity contribution is 5.95. The number of benzene rings is 2. The van der Waals surface area contributed by atoms with Crippen LogP contribution in [0.2, 0.25) is 0 Å². The lowest BCUT2D eigenvalue weighted by atomic mass is 10.2. The van der Waals surface area contributed by atoms with Crippen LogP contribution < -0.4 is 10.9 Å². The van der Waals surface area contributed by atoms with Gasteiger partial charge in [0.15, 0.2) is 0 Å². The molecule has 0 spiro atoms. The second-order valence-electron chi connectivity index (χ2n) is 6.32. The number of hydrogen-bond donors (Lipinski definition) is 2. The molecule has 0 bridgehead atoms. The van der Waals surface area contributed by atoms with Gasteiger partial charge in [0.2, 0.25) is 0 Å². The third-order valence-electron chi connectivity index (χ3n) is 3.74. The summed E-state index contributed by atoms with van der Waals surface area (Å²) >= 11 is 0. The predicted molar refractivity (Wildman–Crippen MR) is 127 cm³/mol. The Labute approximate surface area is 177 Å². The molecule has 2 aromatic rings. The number of carbonyl (C=O) groups is 1. The Balaban J connectivity index is 1.73. The van der Waals surface area contributed by atoms with E-state index >= 15 is 0 Å². The molecule has 0 aliphatic heterocycles. The van der Waals surface area contributed by atoms with Gasteiger partial charge in [-0.1, -0.05) is 97.1 Å². The molecule has 152 valence electrons. The van der Waals surface area contributed by atoms with Gasteiger partial charge in [0, 0.05) is 0 Å². The molecule has 5 heteroatoms. The number of carbonyl (C=O) groups excluding carboxylic acids is 1. The topological polar surface area (TPSA) is 65.8 Å². The Morgan fingerprint density at radius 2 is 1.07 bits per heavy atom. The number of hydrogen-bond acceptors (Lipinski definition) is 3. The van der Waals surface area contributed by atoms with Crippen LogP contribution in [0, 0.1) is 0 Å². The largest absolute Gasteiger partial charge is 0.355 e. The summed E-state index contributed by atoms with van der Waals surface area (Å²) in [5.74, 6) is 0. The number of hydrazone groups is 2. The molecule has 0 saturated carbocycles. The maximum absolute atomic E-state index is 11.8. The fraction of sp³-hybridized carbons (Fsp3) is 0.0800. The lowest BCUT2D eigenvalue weighted by molar-refractivity contribution is 0.242. The number of rotatable bonds is 8. The minimum absolute atomic E-state index is 0.504. The van der Waals surface area contributed by atoms with Crippen molar-refractivity contribution in [3.8, 4) is 0 Å². The summed E-state index contributed by atoms with van der Waals surface area (Å²) in [5, 5.41) is 7.98. The summed E-state index contributed by atoms with van der Waals surface area (Å²) in [6.07, 6.45) is 15.1. The molecule has 5 nitrogen and oxygen atoms in total. The molecule has 2 amide bonds. The fourth-order valence-electron chi connectivity index (χ4n) is 2.23. The zero-order valence-corrected chi connectivity index (χ0v) is 17.2. The highest BCUT2D eigenvalue weighted by Crippen LogP contribution is 2.01. The summed E-state index contributed by atoms with van der Waals surface area (Å²) in [4.78, 5) is 11.8. The first-order valence-electron chi connectivity index (χ1n) is 9.57. The minimum Gasteiger partial charge on any atom is -0.245 e. The van der Waals surface area contributed by atoms with Gasteiger partial charge in [-0.2, -0.15) is 10.2 Å². The van der Waals surface area contributed by atoms with Crippen LogP contribution in [0.5, 0.6) is 0 Å². The Hall–Kier alpha value is -3.99. The Kier molecular flexibility index (Phi) is 9.84. The summed E-state index contributed by atoms with van der Waals surface area (Å²) in [7, 11) is 0. The van der Waals surface area contributed by atoms with Gasteiger partial charge in [0.1, 0.15) is 0 Å². The number of urea groups is 1. The molecule has 0 unspecified atom stereocenters. The quantitative estimate of drug-likeness (QED) is 0.340. The van der Waals surface area contributed by atoms with E-state index in [1.54, 1.807) is 26.0 Å². The first-order valence-corrected chi connectivity index (χ1v) is 9.57. The van der Waals surface area contributed by atoms with Crippen molar-refractivity contribution in [2.24, 2.45) is 10.2 Å². The normalized spacial score (nSPS) is 13.0. The Morgan fingerprint density at radius 3 is 1.47 bits per heavy atom. The van der Waals surface area contributed by atoms with Gasteiger partial charge in [0.05, 0.1) is 11.4 Å². The van der Waals surface area contributed by atoms with E-state index in [1.165, 1.54) is 0 Å². The fourth-order valence-corrected chi connectivity index (χ4v) is 2.23. The predicted octanol–water partition coefficient (Wildman–Crippen LogP) is 5.58. The van der Waals surface area contributed by atoms with Gasteiger partial charge < -0.3 is 0 Å². The summed E-state index contributed by atoms with van der Waals surface area (Å²) < 4.78 is 0. The molecule has 0 radical (unpaired) electrons. The first-order chi connectivity index (χ1) is 14.6. The number of nitrogens with zero attached hydrogens (tertiary/aromatic N) is 2. The molecule has 0 aliphatic rings. The molecule has 0 aliphatic carbocycles. The van der Waals surface area contributed by atoms with Crippen LogP contribution in [0.15, 0.2) is 107 Å². The third-order valence-corrected chi connectivity index (χ3v) is 3.74. The number of nitrogens with one attached hydrogen (secondary N) is 2. The van der Waals surface area contributed by atoms with Crippen molar-refractivity contribution in [3.05, 3.63) is 108 Å². The second kappa shape index (κ2) is 13.2. The molecular formula is C25H26N4O. The van der Waals surface area contributed by atoms with E-state index in [1.807, 2.05) is 97.1 Å². The van der Waals surface area contributed by atoms with Crippen molar-refractivity contribution < 1.29 is 4.79 Å². The molecule has 30 heavy (non-hydrogen) atoms. The molecule has 0 fully saturated rings. The van der Waals surface area contributed by atoms with E-state index in [0.29, 0.717) is 11.4 Å². The average molecular weight is 399 g/mol. The second-order valence-corrected chi connectivity index (χ2v) is 6.32. The maximum atomic E-state index is 11.8. The lowest BCUT2D eigenvalue weighted by Gasteiger charge is -1.99. The van der Waals surface area contributed by atoms with Crippen LogP contribution in [0.25, 0.3) is 12.2 Å². The first kappa shape index (κ1) is 22.3. The smallest absolute Gasteiger partial charge is 0.245 e. The van der Waals surface area contributed by atoms with E-state index < -0.39 is 6.03 Å². The van der Waals surface area contributed by atoms with Gasteiger partial charge >= 0.3 is 6.03 Å². The van der Waals surface area contributed by atoms with Gasteiger partial charge in [-0.3, -0.25) is 0 Å². The van der Waals surface area contributed by atoms with E-state index in [4.69, 9.17) is 0 Å². The highest BCUT2D eigenvalue weighted by Gasteiger charge is 1.95. The van der Waals surface area contributed by atoms with Crippen LogP contribution in [-0.2, 0) is 0 Å². The Morgan fingerprint density at radius 1 is 0.667 bits per heavy atom. The molecule has 0 heterocycles. The van der Waals surface area contributed by atoms with Crippen molar-refractivity contribution >= 4 is 29.6 Å². The zero-order valence-electron chi connectivity index (χ0n) is 17.2. The van der Waals surface area contributed by atoms with Crippen molar-refractivity contribution in [2.45, 2.75) is 13.8 Å². The summed E-state index contributed by atoms with van der Waals surface area (Å²) in [6.45, 7) is 3.59. The molecule has 2 rings (SSSR count). The molecule has 0 aromatic heterocycles. The van der Waals surface area contributed by atoms with Crippen molar-refractivity contribution in [3.63, 3.8) is 0 Å². The molecular weight excluding hydrogens is 372 g/mol.